The number of furan rings is 1. The molecule has 0 spiro atoms. The van der Waals surface area contributed by atoms with Gasteiger partial charge in [-0.15, -0.1) is 0 Å². The lowest BCUT2D eigenvalue weighted by molar-refractivity contribution is -0.137. The lowest BCUT2D eigenvalue weighted by atomic mass is 10.1. The van der Waals surface area contributed by atoms with E-state index in [0.29, 0.717) is 22.5 Å². The summed E-state index contributed by atoms with van der Waals surface area (Å²) >= 11 is 0. The smallest absolute Gasteiger partial charge is 0.416 e. The van der Waals surface area contributed by atoms with Crippen LogP contribution in [0.1, 0.15) is 15.9 Å². The third-order valence-corrected chi connectivity index (χ3v) is 3.31. The Morgan fingerprint density at radius 3 is 2.33 bits per heavy atom. The van der Waals surface area contributed by atoms with Gasteiger partial charge in [-0.25, -0.2) is 0 Å². The summed E-state index contributed by atoms with van der Waals surface area (Å²) in [4.78, 5) is 16.0. The summed E-state index contributed by atoms with van der Waals surface area (Å²) in [5.41, 5.74) is 1.19. The van der Waals surface area contributed by atoms with Gasteiger partial charge in [0.25, 0.3) is 5.91 Å². The maximum atomic E-state index is 12.6. The molecule has 0 fully saturated rings. The monoisotopic (exact) mass is 332 g/mol. The van der Waals surface area contributed by atoms with Crippen LogP contribution in [0.2, 0.25) is 0 Å². The molecule has 3 aromatic rings. The van der Waals surface area contributed by atoms with Crippen LogP contribution in [0.5, 0.6) is 0 Å². The molecule has 1 aromatic carbocycles. The Labute approximate surface area is 134 Å². The van der Waals surface area contributed by atoms with Crippen LogP contribution < -0.4 is 5.32 Å². The first kappa shape index (κ1) is 15.8. The first-order chi connectivity index (χ1) is 11.4. The number of hydrogen-bond donors (Lipinski definition) is 1. The second-order valence-electron chi connectivity index (χ2n) is 4.97. The Morgan fingerprint density at radius 2 is 1.79 bits per heavy atom. The number of rotatable bonds is 3. The molecule has 0 radical (unpaired) electrons. The highest BCUT2D eigenvalue weighted by atomic mass is 19.4. The molecule has 0 atom stereocenters. The zero-order chi connectivity index (χ0) is 17.2. The van der Waals surface area contributed by atoms with Gasteiger partial charge in [-0.2, -0.15) is 13.2 Å². The van der Waals surface area contributed by atoms with Crippen molar-refractivity contribution < 1.29 is 22.4 Å². The van der Waals surface area contributed by atoms with Crippen LogP contribution >= 0.6 is 0 Å². The second kappa shape index (κ2) is 6.19. The van der Waals surface area contributed by atoms with E-state index in [0.717, 1.165) is 12.1 Å². The van der Waals surface area contributed by atoms with Crippen LogP contribution in [-0.2, 0) is 6.18 Å². The number of anilines is 1. The van der Waals surface area contributed by atoms with Crippen LogP contribution in [0, 0.1) is 0 Å². The predicted octanol–water partition coefficient (Wildman–Crippen LogP) is 4.61. The van der Waals surface area contributed by atoms with E-state index in [1.54, 1.807) is 12.1 Å². The van der Waals surface area contributed by atoms with Crippen LogP contribution in [-0.4, -0.2) is 10.9 Å². The second-order valence-corrected chi connectivity index (χ2v) is 4.97. The summed E-state index contributed by atoms with van der Waals surface area (Å²) in [6.45, 7) is 0. The summed E-state index contributed by atoms with van der Waals surface area (Å²) in [5, 5.41) is 2.64. The van der Waals surface area contributed by atoms with Crippen molar-refractivity contribution in [3.63, 3.8) is 0 Å². The lowest BCUT2D eigenvalue weighted by Gasteiger charge is -2.08. The molecule has 7 heteroatoms. The van der Waals surface area contributed by atoms with Gasteiger partial charge in [0.15, 0.2) is 0 Å². The Kier molecular flexibility index (Phi) is 4.07. The van der Waals surface area contributed by atoms with Crippen molar-refractivity contribution in [1.29, 1.82) is 0 Å². The van der Waals surface area contributed by atoms with Gasteiger partial charge in [0, 0.05) is 5.56 Å². The summed E-state index contributed by atoms with van der Waals surface area (Å²) in [6, 6.07) is 9.49. The predicted molar refractivity (Wildman–Crippen MR) is 81.3 cm³/mol. The molecule has 122 valence electrons. The van der Waals surface area contributed by atoms with Crippen LogP contribution in [0.25, 0.3) is 11.3 Å². The fraction of sp³-hybridized carbons (Fsp3) is 0.0588. The van der Waals surface area contributed by atoms with E-state index in [1.807, 2.05) is 0 Å². The lowest BCUT2D eigenvalue weighted by Crippen LogP contribution is -2.10. The number of alkyl halides is 3. The van der Waals surface area contributed by atoms with Gasteiger partial charge in [0.05, 0.1) is 35.0 Å². The molecule has 2 aromatic heterocycles. The number of nitrogens with one attached hydrogen (secondary N) is 1. The average Bonchev–Trinajstić information content (AvgIpc) is 3.09. The molecule has 1 N–H and O–H groups in total. The number of benzene rings is 1. The summed E-state index contributed by atoms with van der Waals surface area (Å²) in [6.07, 6.45) is -0.224. The zero-order valence-electron chi connectivity index (χ0n) is 12.2. The van der Waals surface area contributed by atoms with Crippen molar-refractivity contribution in [2.24, 2.45) is 0 Å². The van der Waals surface area contributed by atoms with Crippen molar-refractivity contribution in [3.8, 4) is 11.3 Å². The summed E-state index contributed by atoms with van der Waals surface area (Å²) in [5.74, 6) is -0.340. The molecular weight excluding hydrogens is 321 g/mol. The van der Waals surface area contributed by atoms with E-state index in [9.17, 15) is 18.0 Å². The Bertz CT molecular complexity index is 824. The van der Waals surface area contributed by atoms with Crippen molar-refractivity contribution in [2.75, 3.05) is 5.32 Å². The van der Waals surface area contributed by atoms with E-state index in [4.69, 9.17) is 4.42 Å². The normalized spacial score (nSPS) is 11.3. The molecule has 2 heterocycles. The van der Waals surface area contributed by atoms with E-state index in [-0.39, 0.29) is 5.91 Å². The zero-order valence-corrected chi connectivity index (χ0v) is 12.2. The van der Waals surface area contributed by atoms with Gasteiger partial charge < -0.3 is 9.73 Å². The highest BCUT2D eigenvalue weighted by molar-refractivity contribution is 6.03. The van der Waals surface area contributed by atoms with Gasteiger partial charge in [-0.3, -0.25) is 9.78 Å². The number of nitrogens with zero attached hydrogens (tertiary/aromatic N) is 1. The number of aromatic nitrogens is 1. The number of carbonyl (C=O) groups excluding carboxylic acids is 1. The number of pyridine rings is 1. The summed E-state index contributed by atoms with van der Waals surface area (Å²) < 4.78 is 42.5. The van der Waals surface area contributed by atoms with Crippen molar-refractivity contribution in [2.45, 2.75) is 6.18 Å². The molecule has 0 saturated carbocycles. The first-order valence-electron chi connectivity index (χ1n) is 6.91. The number of carbonyl (C=O) groups is 1. The van der Waals surface area contributed by atoms with Gasteiger partial charge >= 0.3 is 6.18 Å². The number of amides is 1. The first-order valence-corrected chi connectivity index (χ1v) is 6.91. The molecule has 4 nitrogen and oxygen atoms in total. The third kappa shape index (κ3) is 3.45. The number of hydrogen-bond acceptors (Lipinski definition) is 3. The van der Waals surface area contributed by atoms with Crippen molar-refractivity contribution in [1.82, 2.24) is 4.98 Å². The Hall–Kier alpha value is -3.09. The van der Waals surface area contributed by atoms with E-state index in [1.165, 1.54) is 36.9 Å². The SMILES string of the molecule is O=C(Nc1ccc(-c2ccc(C(F)(F)F)cc2)nc1)c1ccoc1. The van der Waals surface area contributed by atoms with E-state index < -0.39 is 11.7 Å². The molecule has 0 aliphatic carbocycles. The molecule has 3 rings (SSSR count). The highest BCUT2D eigenvalue weighted by Crippen LogP contribution is 2.30. The fourth-order valence-corrected chi connectivity index (χ4v) is 2.07. The molecule has 1 amide bonds. The Balaban J connectivity index is 1.73. The van der Waals surface area contributed by atoms with Crippen molar-refractivity contribution in [3.05, 3.63) is 72.3 Å². The maximum absolute atomic E-state index is 12.6. The maximum Gasteiger partial charge on any atom is 0.416 e. The minimum absolute atomic E-state index is 0.340. The minimum atomic E-state index is -4.37. The molecule has 0 saturated heterocycles. The average molecular weight is 332 g/mol. The molecular formula is C17H11F3N2O2. The third-order valence-electron chi connectivity index (χ3n) is 3.31. The minimum Gasteiger partial charge on any atom is -0.472 e. The topological polar surface area (TPSA) is 55.1 Å². The molecule has 0 bridgehead atoms. The van der Waals surface area contributed by atoms with E-state index >= 15 is 0 Å². The van der Waals surface area contributed by atoms with Crippen LogP contribution in [0.4, 0.5) is 18.9 Å². The largest absolute Gasteiger partial charge is 0.472 e. The highest BCUT2D eigenvalue weighted by Gasteiger charge is 2.29. The molecule has 0 aliphatic heterocycles. The van der Waals surface area contributed by atoms with Crippen LogP contribution in [0.3, 0.4) is 0 Å². The van der Waals surface area contributed by atoms with Crippen LogP contribution in [0.15, 0.2) is 65.6 Å². The molecule has 0 aliphatic rings. The van der Waals surface area contributed by atoms with Gasteiger partial charge in [-0.05, 0) is 30.3 Å². The molecule has 0 unspecified atom stereocenters. The van der Waals surface area contributed by atoms with E-state index in [2.05, 4.69) is 10.3 Å². The fourth-order valence-electron chi connectivity index (χ4n) is 2.07. The van der Waals surface area contributed by atoms with Crippen molar-refractivity contribution >= 4 is 11.6 Å². The number of halogens is 3. The van der Waals surface area contributed by atoms with Gasteiger partial charge in [0.1, 0.15) is 6.26 Å². The van der Waals surface area contributed by atoms with Gasteiger partial charge in [-0.1, -0.05) is 12.1 Å². The Morgan fingerprint density at radius 1 is 1.04 bits per heavy atom. The summed E-state index contributed by atoms with van der Waals surface area (Å²) in [7, 11) is 0. The quantitative estimate of drug-likeness (QED) is 0.762. The standard InChI is InChI=1S/C17H11F3N2O2/c18-17(19,20)13-3-1-11(2-4-13)15-6-5-14(9-21-15)22-16(23)12-7-8-24-10-12/h1-10H,(H,22,23). The molecule has 24 heavy (non-hydrogen) atoms. The van der Waals surface area contributed by atoms with Gasteiger partial charge in [0.2, 0.25) is 0 Å².